The number of aromatic amines is 1. The SMILES string of the molecule is COCC(=O)N1CCC(NC(=O)c2c(C)[nH]c3c(-c4ccc(F)cc4OCC4CC4)ncnc23)[C@@H](O)C1. The lowest BCUT2D eigenvalue weighted by Gasteiger charge is -2.36. The van der Waals surface area contributed by atoms with E-state index < -0.39 is 23.9 Å². The third-order valence-electron chi connectivity index (χ3n) is 6.89. The summed E-state index contributed by atoms with van der Waals surface area (Å²) in [5.41, 5.74) is 2.98. The molecule has 5 rings (SSSR count). The highest BCUT2D eigenvalue weighted by Crippen LogP contribution is 2.36. The Bertz CT molecular complexity index is 1320. The number of nitrogens with zero attached hydrogens (tertiary/aromatic N) is 3. The van der Waals surface area contributed by atoms with E-state index in [0.29, 0.717) is 64.8 Å². The molecule has 0 bridgehead atoms. The average molecular weight is 512 g/mol. The minimum absolute atomic E-state index is 0.0539. The number of aliphatic hydroxyl groups excluding tert-OH is 1. The molecular formula is C26H30FN5O5. The second-order valence-corrected chi connectivity index (χ2v) is 9.67. The molecule has 1 aliphatic carbocycles. The first-order valence-corrected chi connectivity index (χ1v) is 12.4. The number of nitrogens with one attached hydrogen (secondary N) is 2. The number of aliphatic hydroxyl groups is 1. The van der Waals surface area contributed by atoms with Crippen LogP contribution in [0.2, 0.25) is 0 Å². The minimum atomic E-state index is -0.917. The van der Waals surface area contributed by atoms with Crippen LogP contribution in [-0.2, 0) is 9.53 Å². The molecule has 2 fully saturated rings. The lowest BCUT2D eigenvalue weighted by molar-refractivity contribution is -0.138. The van der Waals surface area contributed by atoms with E-state index >= 15 is 0 Å². The number of fused-ring (bicyclic) bond motifs is 1. The van der Waals surface area contributed by atoms with Crippen LogP contribution in [0.15, 0.2) is 24.5 Å². The first-order chi connectivity index (χ1) is 17.9. The smallest absolute Gasteiger partial charge is 0.255 e. The van der Waals surface area contributed by atoms with Gasteiger partial charge in [-0.15, -0.1) is 0 Å². The summed E-state index contributed by atoms with van der Waals surface area (Å²) in [5, 5.41) is 13.5. The lowest BCUT2D eigenvalue weighted by Crippen LogP contribution is -2.55. The highest BCUT2D eigenvalue weighted by Gasteiger charge is 2.32. The summed E-state index contributed by atoms with van der Waals surface area (Å²) in [6.07, 6.45) is 3.06. The Morgan fingerprint density at radius 1 is 1.27 bits per heavy atom. The zero-order valence-corrected chi connectivity index (χ0v) is 20.8. The van der Waals surface area contributed by atoms with Crippen molar-refractivity contribution in [2.75, 3.05) is 33.4 Å². The molecule has 2 amide bonds. The van der Waals surface area contributed by atoms with Crippen LogP contribution in [0.25, 0.3) is 22.3 Å². The molecule has 37 heavy (non-hydrogen) atoms. The molecule has 2 aromatic heterocycles. The number of methoxy groups -OCH3 is 1. The monoisotopic (exact) mass is 511 g/mol. The molecule has 0 radical (unpaired) electrons. The van der Waals surface area contributed by atoms with Crippen molar-refractivity contribution in [3.05, 3.63) is 41.6 Å². The summed E-state index contributed by atoms with van der Waals surface area (Å²) in [7, 11) is 1.44. The maximum atomic E-state index is 14.0. The van der Waals surface area contributed by atoms with Crippen LogP contribution >= 0.6 is 0 Å². The van der Waals surface area contributed by atoms with Crippen LogP contribution in [0.3, 0.4) is 0 Å². The minimum Gasteiger partial charge on any atom is -0.492 e. The van der Waals surface area contributed by atoms with Crippen molar-refractivity contribution >= 4 is 22.8 Å². The van der Waals surface area contributed by atoms with Gasteiger partial charge in [-0.3, -0.25) is 9.59 Å². The van der Waals surface area contributed by atoms with E-state index in [-0.39, 0.29) is 19.1 Å². The number of carbonyl (C=O) groups excluding carboxylic acids is 2. The highest BCUT2D eigenvalue weighted by molar-refractivity contribution is 6.09. The quantitative estimate of drug-likeness (QED) is 0.423. The van der Waals surface area contributed by atoms with Crippen LogP contribution in [0.4, 0.5) is 4.39 Å². The van der Waals surface area contributed by atoms with Crippen molar-refractivity contribution in [3.8, 4) is 17.0 Å². The van der Waals surface area contributed by atoms with Gasteiger partial charge >= 0.3 is 0 Å². The zero-order chi connectivity index (χ0) is 26.1. The van der Waals surface area contributed by atoms with E-state index in [0.717, 1.165) is 12.8 Å². The number of likely N-dealkylation sites (tertiary alicyclic amines) is 1. The Hall–Kier alpha value is -3.57. The number of carbonyl (C=O) groups is 2. The fourth-order valence-corrected chi connectivity index (χ4v) is 4.69. The topological polar surface area (TPSA) is 130 Å². The largest absolute Gasteiger partial charge is 0.492 e. The van der Waals surface area contributed by atoms with E-state index in [9.17, 15) is 19.1 Å². The standard InChI is InChI=1S/C26H30FN5O5/c1-14-22(26(35)31-18-7-8-32(10-19(18)33)21(34)12-36-2)24-25(30-14)23(28-13-29-24)17-6-5-16(27)9-20(17)37-11-15-3-4-15/h5-6,9,13,15,18-19,30,33H,3-4,7-8,10-12H2,1-2H3,(H,31,35)/t18?,19-/m0/s1. The van der Waals surface area contributed by atoms with Crippen molar-refractivity contribution in [1.29, 1.82) is 0 Å². The first-order valence-electron chi connectivity index (χ1n) is 12.4. The van der Waals surface area contributed by atoms with Gasteiger partial charge in [0.2, 0.25) is 5.91 Å². The average Bonchev–Trinajstić information content (AvgIpc) is 3.64. The number of piperidine rings is 1. The predicted octanol–water partition coefficient (Wildman–Crippen LogP) is 2.20. The van der Waals surface area contributed by atoms with E-state index in [1.165, 1.54) is 30.5 Å². The molecule has 2 aliphatic rings. The Balaban J connectivity index is 1.39. The van der Waals surface area contributed by atoms with Crippen molar-refractivity contribution in [3.63, 3.8) is 0 Å². The van der Waals surface area contributed by atoms with Gasteiger partial charge in [0.05, 0.1) is 29.8 Å². The van der Waals surface area contributed by atoms with Gasteiger partial charge in [0.25, 0.3) is 5.91 Å². The number of hydrogen-bond acceptors (Lipinski definition) is 7. The molecule has 1 unspecified atom stereocenters. The normalized spacial score (nSPS) is 19.7. The molecule has 2 atom stereocenters. The molecule has 3 N–H and O–H groups in total. The van der Waals surface area contributed by atoms with Gasteiger partial charge in [0.1, 0.15) is 35.7 Å². The molecule has 11 heteroatoms. The Morgan fingerprint density at radius 3 is 2.81 bits per heavy atom. The maximum Gasteiger partial charge on any atom is 0.255 e. The number of H-pyrrole nitrogens is 1. The first kappa shape index (κ1) is 25.1. The zero-order valence-electron chi connectivity index (χ0n) is 20.8. The Kier molecular flexibility index (Phi) is 7.07. The lowest BCUT2D eigenvalue weighted by atomic mass is 10.0. The third-order valence-corrected chi connectivity index (χ3v) is 6.89. The third kappa shape index (κ3) is 5.28. The highest BCUT2D eigenvalue weighted by atomic mass is 19.1. The maximum absolute atomic E-state index is 14.0. The van der Waals surface area contributed by atoms with Crippen molar-refractivity contribution in [2.45, 2.75) is 38.3 Å². The molecule has 3 heterocycles. The molecule has 1 aliphatic heterocycles. The fraction of sp³-hybridized carbons (Fsp3) is 0.462. The number of benzene rings is 1. The van der Waals surface area contributed by atoms with Crippen LogP contribution in [-0.4, -0.2) is 82.3 Å². The summed E-state index contributed by atoms with van der Waals surface area (Å²) in [5.74, 6) is -0.119. The molecule has 1 aromatic carbocycles. The second-order valence-electron chi connectivity index (χ2n) is 9.67. The fourth-order valence-electron chi connectivity index (χ4n) is 4.69. The van der Waals surface area contributed by atoms with Gasteiger partial charge in [0.15, 0.2) is 0 Å². The second kappa shape index (κ2) is 10.4. The Labute approximate surface area is 213 Å². The summed E-state index contributed by atoms with van der Waals surface area (Å²) in [6.45, 7) is 2.73. The van der Waals surface area contributed by atoms with Gasteiger partial charge in [-0.25, -0.2) is 14.4 Å². The van der Waals surface area contributed by atoms with Crippen molar-refractivity contribution in [2.24, 2.45) is 5.92 Å². The summed E-state index contributed by atoms with van der Waals surface area (Å²) < 4.78 is 24.8. The number of halogens is 1. The number of aryl methyl sites for hydroxylation is 1. The van der Waals surface area contributed by atoms with Crippen molar-refractivity contribution < 1.29 is 28.6 Å². The molecular weight excluding hydrogens is 481 g/mol. The molecule has 1 saturated carbocycles. The van der Waals surface area contributed by atoms with Crippen LogP contribution in [0, 0.1) is 18.7 Å². The number of aromatic nitrogens is 3. The van der Waals surface area contributed by atoms with E-state index in [2.05, 4.69) is 20.3 Å². The number of β-amino-alcohol motifs (C(OH)–C–C–N with tert-alkyl or cyclic N) is 1. The predicted molar refractivity (Wildman–Crippen MR) is 133 cm³/mol. The van der Waals surface area contributed by atoms with Gasteiger partial charge in [0, 0.05) is 37.5 Å². The van der Waals surface area contributed by atoms with Crippen molar-refractivity contribution in [1.82, 2.24) is 25.2 Å². The molecule has 1 saturated heterocycles. The van der Waals surface area contributed by atoms with Crippen LogP contribution < -0.4 is 10.1 Å². The van der Waals surface area contributed by atoms with E-state index in [1.54, 1.807) is 13.0 Å². The molecule has 0 spiro atoms. The van der Waals surface area contributed by atoms with Gasteiger partial charge in [-0.2, -0.15) is 0 Å². The summed E-state index contributed by atoms with van der Waals surface area (Å²) >= 11 is 0. The van der Waals surface area contributed by atoms with Gasteiger partial charge in [-0.1, -0.05) is 0 Å². The Morgan fingerprint density at radius 2 is 2.08 bits per heavy atom. The number of amides is 2. The number of rotatable bonds is 8. The number of ether oxygens (including phenoxy) is 2. The van der Waals surface area contributed by atoms with Gasteiger partial charge in [-0.05, 0) is 44.2 Å². The summed E-state index contributed by atoms with van der Waals surface area (Å²) in [6, 6.07) is 3.79. The number of hydrogen-bond donors (Lipinski definition) is 3. The van der Waals surface area contributed by atoms with Crippen LogP contribution in [0.1, 0.15) is 35.3 Å². The summed E-state index contributed by atoms with van der Waals surface area (Å²) in [4.78, 5) is 38.9. The van der Waals surface area contributed by atoms with E-state index in [1.807, 2.05) is 0 Å². The van der Waals surface area contributed by atoms with Gasteiger partial charge < -0.3 is 29.8 Å². The molecule has 3 aromatic rings. The molecule has 10 nitrogen and oxygen atoms in total. The van der Waals surface area contributed by atoms with E-state index in [4.69, 9.17) is 9.47 Å². The molecule has 196 valence electrons. The van der Waals surface area contributed by atoms with Crippen LogP contribution in [0.5, 0.6) is 5.75 Å².